The maximum atomic E-state index is 13.6. The van der Waals surface area contributed by atoms with Gasteiger partial charge in [-0.2, -0.15) is 0 Å². The number of benzene rings is 3. The number of anilines is 1. The molecule has 0 aliphatic carbocycles. The first-order chi connectivity index (χ1) is 19.8. The molecule has 3 aromatic carbocycles. The van der Waals surface area contributed by atoms with E-state index in [-0.39, 0.29) is 46.8 Å². The average Bonchev–Trinajstić information content (AvgIpc) is 3.24. The number of nitrogens with one attached hydrogen (secondary N) is 2. The highest BCUT2D eigenvalue weighted by molar-refractivity contribution is 6.36. The smallest absolute Gasteiger partial charge is 0.272 e. The van der Waals surface area contributed by atoms with Crippen LogP contribution in [0.3, 0.4) is 0 Å². The third-order valence-electron chi connectivity index (χ3n) is 6.44. The molecule has 0 atom stereocenters. The van der Waals surface area contributed by atoms with Gasteiger partial charge in [0.15, 0.2) is 0 Å². The molecule has 0 unspecified atom stereocenters. The molecule has 4 rings (SSSR count). The molecule has 13 heteroatoms. The molecule has 0 aliphatic rings. The zero-order chi connectivity index (χ0) is 30.7. The Bertz CT molecular complexity index is 1660. The molecule has 0 saturated carbocycles. The normalized spacial score (nSPS) is 11.4. The van der Waals surface area contributed by atoms with Gasteiger partial charge in [0.25, 0.3) is 12.3 Å². The third kappa shape index (κ3) is 7.11. The Morgan fingerprint density at radius 3 is 2.45 bits per heavy atom. The van der Waals surface area contributed by atoms with Crippen LogP contribution in [0, 0.1) is 11.7 Å². The number of amides is 2. The van der Waals surface area contributed by atoms with Crippen LogP contribution in [-0.4, -0.2) is 34.4 Å². The number of hydrogen-bond acceptors (Lipinski definition) is 4. The minimum atomic E-state index is -2.78. The van der Waals surface area contributed by atoms with Gasteiger partial charge in [-0.1, -0.05) is 54.7 Å². The second kappa shape index (κ2) is 13.2. The van der Waals surface area contributed by atoms with E-state index in [1.165, 1.54) is 24.3 Å². The van der Waals surface area contributed by atoms with E-state index < -0.39 is 24.8 Å². The standard InChI is InChI=1S/C29H26Cl3F3N4O3/c1-14(2)28(40)36-12-15-4-6-19(30)17(27(15)32)10-26-38-22-9-18(24(42-13-25(34)35)11-23(22)39(26)3)29(41)37-16-5-7-21(33)20(31)8-16/h4-9,11,14,25H,10,12-13H2,1-3H3,(H,36,40)(H,37,41). The summed E-state index contributed by atoms with van der Waals surface area (Å²) >= 11 is 19.0. The quantitative estimate of drug-likeness (QED) is 0.189. The number of rotatable bonds is 10. The van der Waals surface area contributed by atoms with Crippen LogP contribution in [0.25, 0.3) is 11.0 Å². The molecule has 0 bridgehead atoms. The molecule has 0 radical (unpaired) electrons. The van der Waals surface area contributed by atoms with Gasteiger partial charge in [0.2, 0.25) is 5.91 Å². The first kappa shape index (κ1) is 31.5. The van der Waals surface area contributed by atoms with E-state index in [4.69, 9.17) is 39.5 Å². The van der Waals surface area contributed by atoms with Gasteiger partial charge in [-0.25, -0.2) is 18.2 Å². The lowest BCUT2D eigenvalue weighted by Crippen LogP contribution is -2.27. The molecule has 4 aromatic rings. The van der Waals surface area contributed by atoms with Crippen LogP contribution < -0.4 is 15.4 Å². The summed E-state index contributed by atoms with van der Waals surface area (Å²) in [6.45, 7) is 2.84. The molecular formula is C29H26Cl3F3N4O3. The van der Waals surface area contributed by atoms with Crippen molar-refractivity contribution in [2.24, 2.45) is 13.0 Å². The number of ether oxygens (including phenoxy) is 1. The number of carbonyl (C=O) groups is 2. The van der Waals surface area contributed by atoms with E-state index in [1.54, 1.807) is 37.6 Å². The van der Waals surface area contributed by atoms with E-state index in [1.807, 2.05) is 0 Å². The Morgan fingerprint density at radius 1 is 1.05 bits per heavy atom. The Morgan fingerprint density at radius 2 is 1.79 bits per heavy atom. The second-order valence-corrected chi connectivity index (χ2v) is 10.9. The van der Waals surface area contributed by atoms with Gasteiger partial charge in [-0.15, -0.1) is 0 Å². The van der Waals surface area contributed by atoms with Crippen molar-refractivity contribution in [1.82, 2.24) is 14.9 Å². The van der Waals surface area contributed by atoms with Crippen molar-refractivity contribution in [3.63, 3.8) is 0 Å². The highest BCUT2D eigenvalue weighted by atomic mass is 35.5. The predicted octanol–water partition coefficient (Wildman–Crippen LogP) is 7.43. The van der Waals surface area contributed by atoms with Gasteiger partial charge >= 0.3 is 0 Å². The molecule has 1 aromatic heterocycles. The molecule has 42 heavy (non-hydrogen) atoms. The van der Waals surface area contributed by atoms with Crippen LogP contribution >= 0.6 is 34.8 Å². The Kier molecular flexibility index (Phi) is 9.91. The number of aryl methyl sites for hydroxylation is 1. The van der Waals surface area contributed by atoms with Crippen LogP contribution in [0.5, 0.6) is 5.75 Å². The van der Waals surface area contributed by atoms with E-state index >= 15 is 0 Å². The minimum absolute atomic E-state index is 0.0628. The van der Waals surface area contributed by atoms with E-state index in [9.17, 15) is 22.8 Å². The third-order valence-corrected chi connectivity index (χ3v) is 7.55. The molecule has 2 amide bonds. The zero-order valence-electron chi connectivity index (χ0n) is 22.7. The summed E-state index contributed by atoms with van der Waals surface area (Å²) in [4.78, 5) is 29.9. The molecule has 2 N–H and O–H groups in total. The topological polar surface area (TPSA) is 85.2 Å². The lowest BCUT2D eigenvalue weighted by atomic mass is 10.1. The van der Waals surface area contributed by atoms with Gasteiger partial charge in [-0.3, -0.25) is 9.59 Å². The summed E-state index contributed by atoms with van der Waals surface area (Å²) in [7, 11) is 1.72. The molecule has 222 valence electrons. The van der Waals surface area contributed by atoms with Crippen LogP contribution in [-0.2, 0) is 24.8 Å². The van der Waals surface area contributed by atoms with Crippen molar-refractivity contribution in [3.05, 3.63) is 85.9 Å². The lowest BCUT2D eigenvalue weighted by molar-refractivity contribution is -0.124. The average molecular weight is 642 g/mol. The summed E-state index contributed by atoms with van der Waals surface area (Å²) in [5, 5.41) is 5.97. The Labute approximate surface area is 254 Å². The van der Waals surface area contributed by atoms with Gasteiger partial charge in [-0.05, 0) is 41.5 Å². The molecule has 0 spiro atoms. The summed E-state index contributed by atoms with van der Waals surface area (Å²) in [5.41, 5.74) is 2.27. The number of fused-ring (bicyclic) bond motifs is 1. The molecule has 7 nitrogen and oxygen atoms in total. The minimum Gasteiger partial charge on any atom is -0.487 e. The highest BCUT2D eigenvalue weighted by Gasteiger charge is 2.21. The monoisotopic (exact) mass is 640 g/mol. The van der Waals surface area contributed by atoms with Crippen molar-refractivity contribution in [3.8, 4) is 5.75 Å². The van der Waals surface area contributed by atoms with Crippen molar-refractivity contribution < 1.29 is 27.5 Å². The predicted molar refractivity (Wildman–Crippen MR) is 158 cm³/mol. The largest absolute Gasteiger partial charge is 0.487 e. The number of carbonyl (C=O) groups excluding carboxylic acids is 2. The highest BCUT2D eigenvalue weighted by Crippen LogP contribution is 2.33. The number of hydrogen-bond donors (Lipinski definition) is 2. The van der Waals surface area contributed by atoms with Gasteiger partial charge in [0.1, 0.15) is 24.0 Å². The molecule has 0 saturated heterocycles. The van der Waals surface area contributed by atoms with Crippen molar-refractivity contribution >= 4 is 63.3 Å². The van der Waals surface area contributed by atoms with Crippen LogP contribution in [0.4, 0.5) is 18.9 Å². The first-order valence-corrected chi connectivity index (χ1v) is 13.9. The zero-order valence-corrected chi connectivity index (χ0v) is 25.0. The summed E-state index contributed by atoms with van der Waals surface area (Å²) in [6, 6.07) is 9.90. The fraction of sp³-hybridized carbons (Fsp3) is 0.276. The Balaban J connectivity index is 1.69. The van der Waals surface area contributed by atoms with Crippen LogP contribution in [0.15, 0.2) is 42.5 Å². The molecular weight excluding hydrogens is 616 g/mol. The van der Waals surface area contributed by atoms with Gasteiger partial charge in [0, 0.05) is 42.7 Å². The second-order valence-electron chi connectivity index (χ2n) is 9.76. The first-order valence-electron chi connectivity index (χ1n) is 12.8. The number of nitrogens with zero attached hydrogens (tertiary/aromatic N) is 2. The maximum absolute atomic E-state index is 13.6. The molecule has 0 fully saturated rings. The van der Waals surface area contributed by atoms with E-state index in [0.29, 0.717) is 38.0 Å². The molecule has 0 aliphatic heterocycles. The summed E-state index contributed by atoms with van der Waals surface area (Å²) < 4.78 is 46.6. The maximum Gasteiger partial charge on any atom is 0.272 e. The van der Waals surface area contributed by atoms with E-state index in [2.05, 4.69) is 15.6 Å². The van der Waals surface area contributed by atoms with Crippen molar-refractivity contribution in [2.75, 3.05) is 11.9 Å². The Hall–Kier alpha value is -3.47. The number of imidazole rings is 1. The van der Waals surface area contributed by atoms with Gasteiger partial charge < -0.3 is 19.9 Å². The summed E-state index contributed by atoms with van der Waals surface area (Å²) in [5.74, 6) is -1.25. The fourth-order valence-corrected chi connectivity index (χ4v) is 4.89. The van der Waals surface area contributed by atoms with E-state index in [0.717, 1.165) is 6.07 Å². The van der Waals surface area contributed by atoms with Gasteiger partial charge in [0.05, 0.1) is 26.6 Å². The molecule has 1 heterocycles. The number of alkyl halides is 2. The van der Waals surface area contributed by atoms with Crippen LogP contribution in [0.1, 0.15) is 41.2 Å². The number of aromatic nitrogens is 2. The SMILES string of the molecule is CC(C)C(=O)NCc1ccc(Cl)c(Cc2nc3cc(C(=O)Nc4ccc(F)c(Cl)c4)c(OCC(F)F)cc3n2C)c1Cl. The summed E-state index contributed by atoms with van der Waals surface area (Å²) in [6.07, 6.45) is -2.59. The van der Waals surface area contributed by atoms with Crippen molar-refractivity contribution in [2.45, 2.75) is 33.2 Å². The fourth-order valence-electron chi connectivity index (χ4n) is 4.14. The van der Waals surface area contributed by atoms with Crippen LogP contribution in [0.2, 0.25) is 15.1 Å². The number of halogens is 6. The lowest BCUT2D eigenvalue weighted by Gasteiger charge is -2.14. The van der Waals surface area contributed by atoms with Crippen molar-refractivity contribution in [1.29, 1.82) is 0 Å².